The highest BCUT2D eigenvalue weighted by molar-refractivity contribution is 6.31. The molecule has 2 aromatic carbocycles. The van der Waals surface area contributed by atoms with Gasteiger partial charge in [-0.05, 0) is 54.3 Å². The van der Waals surface area contributed by atoms with Crippen LogP contribution in [0.1, 0.15) is 38.8 Å². The van der Waals surface area contributed by atoms with Gasteiger partial charge in [0, 0.05) is 16.7 Å². The van der Waals surface area contributed by atoms with E-state index in [1.54, 1.807) is 23.1 Å². The summed E-state index contributed by atoms with van der Waals surface area (Å²) >= 11 is 12.6. The molecule has 0 amide bonds. The van der Waals surface area contributed by atoms with E-state index in [2.05, 4.69) is 30.9 Å². The lowest BCUT2D eigenvalue weighted by atomic mass is 9.99. The summed E-state index contributed by atoms with van der Waals surface area (Å²) in [5.74, 6) is 1.78. The maximum atomic E-state index is 6.68. The maximum absolute atomic E-state index is 6.68. The number of aromatic nitrogens is 3. The fourth-order valence-electron chi connectivity index (χ4n) is 3.07. The predicted molar refractivity (Wildman–Crippen MR) is 116 cm³/mol. The Hall–Kier alpha value is -2.08. The lowest BCUT2D eigenvalue weighted by Crippen LogP contribution is -2.29. The van der Waals surface area contributed by atoms with Crippen molar-refractivity contribution in [1.29, 1.82) is 0 Å². The summed E-state index contributed by atoms with van der Waals surface area (Å²) < 4.78 is 13.9. The minimum atomic E-state index is -0.182. The molecule has 0 radical (unpaired) electrons. The third kappa shape index (κ3) is 5.72. The first-order valence-electron chi connectivity index (χ1n) is 9.66. The molecule has 0 aliphatic rings. The van der Waals surface area contributed by atoms with Gasteiger partial charge in [0.1, 0.15) is 30.2 Å². The van der Waals surface area contributed by atoms with Gasteiger partial charge >= 0.3 is 0 Å². The fourth-order valence-corrected chi connectivity index (χ4v) is 3.48. The Morgan fingerprint density at radius 1 is 1.03 bits per heavy atom. The Kier molecular flexibility index (Phi) is 7.53. The van der Waals surface area contributed by atoms with Crippen LogP contribution in [-0.2, 0) is 4.74 Å². The van der Waals surface area contributed by atoms with Gasteiger partial charge in [-0.15, -0.1) is 0 Å². The first-order valence-corrected chi connectivity index (χ1v) is 10.4. The van der Waals surface area contributed by atoms with Crippen LogP contribution in [0.15, 0.2) is 55.1 Å². The Labute approximate surface area is 181 Å². The number of benzene rings is 2. The summed E-state index contributed by atoms with van der Waals surface area (Å²) in [4.78, 5) is 4.11. The highest BCUT2D eigenvalue weighted by Gasteiger charge is 2.27. The van der Waals surface area contributed by atoms with Crippen LogP contribution < -0.4 is 4.74 Å². The van der Waals surface area contributed by atoms with E-state index in [0.717, 1.165) is 12.0 Å². The topological polar surface area (TPSA) is 49.2 Å². The van der Waals surface area contributed by atoms with Gasteiger partial charge in [-0.3, -0.25) is 0 Å². The van der Waals surface area contributed by atoms with Gasteiger partial charge < -0.3 is 9.47 Å². The van der Waals surface area contributed by atoms with Crippen molar-refractivity contribution in [3.8, 4) is 11.5 Å². The van der Waals surface area contributed by atoms with E-state index < -0.39 is 0 Å². The number of hydrogen-bond donors (Lipinski definition) is 0. The molecule has 0 bridgehead atoms. The molecule has 0 spiro atoms. The van der Waals surface area contributed by atoms with E-state index in [4.69, 9.17) is 32.7 Å². The van der Waals surface area contributed by atoms with Crippen LogP contribution in [0, 0.1) is 5.92 Å². The zero-order valence-corrected chi connectivity index (χ0v) is 18.3. The zero-order valence-electron chi connectivity index (χ0n) is 16.8. The summed E-state index contributed by atoms with van der Waals surface area (Å²) in [6.07, 6.45) is 3.95. The van der Waals surface area contributed by atoms with Crippen LogP contribution in [0.4, 0.5) is 0 Å². The van der Waals surface area contributed by atoms with Crippen molar-refractivity contribution in [1.82, 2.24) is 14.8 Å². The number of halogens is 2. The molecule has 5 nitrogen and oxygen atoms in total. The minimum Gasteiger partial charge on any atom is -0.457 e. The predicted octanol–water partition coefficient (Wildman–Crippen LogP) is 6.42. The SMILES string of the molecule is CCC(OCC(C)C)C(c1ccc(Oc2ccc(Cl)cc2)cc1Cl)n1cncn1. The molecule has 2 atom stereocenters. The van der Waals surface area contributed by atoms with E-state index in [1.807, 2.05) is 30.3 Å². The standard InChI is InChI=1S/C22H25Cl2N3O2/c1-4-21(28-12-15(2)3)22(27-14-25-13-26-27)19-10-9-18(11-20(19)24)29-17-7-5-16(23)6-8-17/h5-11,13-15,21-22H,4,12H2,1-3H3. The molecule has 0 aliphatic carbocycles. The van der Waals surface area contributed by atoms with Crippen molar-refractivity contribution in [2.75, 3.05) is 6.61 Å². The maximum Gasteiger partial charge on any atom is 0.137 e. The molecular formula is C22H25Cl2N3O2. The molecule has 3 rings (SSSR count). The summed E-state index contributed by atoms with van der Waals surface area (Å²) in [7, 11) is 0. The third-order valence-electron chi connectivity index (χ3n) is 4.46. The molecule has 154 valence electrons. The molecule has 3 aromatic rings. The van der Waals surface area contributed by atoms with Crippen molar-refractivity contribution in [2.24, 2.45) is 5.92 Å². The monoisotopic (exact) mass is 433 g/mol. The molecule has 0 aliphatic heterocycles. The fraction of sp³-hybridized carbons (Fsp3) is 0.364. The number of rotatable bonds is 9. The molecule has 0 fully saturated rings. The second-order valence-corrected chi connectivity index (χ2v) is 8.08. The summed E-state index contributed by atoms with van der Waals surface area (Å²) in [6, 6.07) is 12.7. The summed E-state index contributed by atoms with van der Waals surface area (Å²) in [5, 5.41) is 5.60. The minimum absolute atomic E-state index is 0.0837. The molecule has 1 heterocycles. The number of nitrogens with zero attached hydrogens (tertiary/aromatic N) is 3. The first kappa shape index (κ1) is 21.6. The Morgan fingerprint density at radius 2 is 1.76 bits per heavy atom. The normalized spacial score (nSPS) is 13.4. The zero-order chi connectivity index (χ0) is 20.8. The van der Waals surface area contributed by atoms with E-state index in [-0.39, 0.29) is 12.1 Å². The van der Waals surface area contributed by atoms with Crippen molar-refractivity contribution >= 4 is 23.2 Å². The van der Waals surface area contributed by atoms with Crippen LogP contribution in [-0.4, -0.2) is 27.5 Å². The lowest BCUT2D eigenvalue weighted by molar-refractivity contribution is 0.00717. The van der Waals surface area contributed by atoms with E-state index >= 15 is 0 Å². The molecule has 1 aromatic heterocycles. The van der Waals surface area contributed by atoms with Gasteiger partial charge in [-0.25, -0.2) is 9.67 Å². The molecule has 0 saturated carbocycles. The van der Waals surface area contributed by atoms with Crippen molar-refractivity contribution in [2.45, 2.75) is 39.3 Å². The van der Waals surface area contributed by atoms with Gasteiger partial charge in [0.15, 0.2) is 0 Å². The smallest absolute Gasteiger partial charge is 0.137 e. The molecule has 29 heavy (non-hydrogen) atoms. The summed E-state index contributed by atoms with van der Waals surface area (Å²) in [5.41, 5.74) is 0.913. The Bertz CT molecular complexity index is 899. The van der Waals surface area contributed by atoms with Crippen LogP contribution in [0.5, 0.6) is 11.5 Å². The van der Waals surface area contributed by atoms with Crippen LogP contribution in [0.25, 0.3) is 0 Å². The second-order valence-electron chi connectivity index (χ2n) is 7.23. The number of ether oxygens (including phenoxy) is 2. The largest absolute Gasteiger partial charge is 0.457 e. The van der Waals surface area contributed by atoms with Crippen LogP contribution in [0.3, 0.4) is 0 Å². The molecule has 0 N–H and O–H groups in total. The van der Waals surface area contributed by atoms with Gasteiger partial charge in [0.05, 0.1) is 6.10 Å². The quantitative estimate of drug-likeness (QED) is 0.390. The Morgan fingerprint density at radius 3 is 2.34 bits per heavy atom. The first-order chi connectivity index (χ1) is 14.0. The summed E-state index contributed by atoms with van der Waals surface area (Å²) in [6.45, 7) is 7.03. The molecule has 2 unspecified atom stereocenters. The third-order valence-corrected chi connectivity index (χ3v) is 5.04. The Balaban J connectivity index is 1.88. The van der Waals surface area contributed by atoms with Crippen molar-refractivity contribution < 1.29 is 9.47 Å². The van der Waals surface area contributed by atoms with Crippen molar-refractivity contribution in [3.05, 3.63) is 70.7 Å². The molecule has 7 heteroatoms. The van der Waals surface area contributed by atoms with Crippen LogP contribution in [0.2, 0.25) is 10.0 Å². The second kappa shape index (κ2) is 10.1. The van der Waals surface area contributed by atoms with E-state index in [0.29, 0.717) is 34.1 Å². The van der Waals surface area contributed by atoms with E-state index in [9.17, 15) is 0 Å². The molecular weight excluding hydrogens is 409 g/mol. The van der Waals surface area contributed by atoms with E-state index in [1.165, 1.54) is 6.33 Å². The average molecular weight is 434 g/mol. The molecule has 0 saturated heterocycles. The van der Waals surface area contributed by atoms with Crippen molar-refractivity contribution in [3.63, 3.8) is 0 Å². The number of hydrogen-bond acceptors (Lipinski definition) is 4. The average Bonchev–Trinajstić information content (AvgIpc) is 3.22. The van der Waals surface area contributed by atoms with Gasteiger partial charge in [-0.1, -0.05) is 50.0 Å². The van der Waals surface area contributed by atoms with Gasteiger partial charge in [0.25, 0.3) is 0 Å². The highest BCUT2D eigenvalue weighted by Crippen LogP contribution is 2.35. The lowest BCUT2D eigenvalue weighted by Gasteiger charge is -2.28. The highest BCUT2D eigenvalue weighted by atomic mass is 35.5. The van der Waals surface area contributed by atoms with Crippen LogP contribution >= 0.6 is 23.2 Å². The van der Waals surface area contributed by atoms with Gasteiger partial charge in [0.2, 0.25) is 0 Å². The van der Waals surface area contributed by atoms with Gasteiger partial charge in [-0.2, -0.15) is 5.10 Å².